The molecule has 1 rings (SSSR count). The first kappa shape index (κ1) is 9.06. The van der Waals surface area contributed by atoms with Crippen LogP contribution in [0.3, 0.4) is 0 Å². The first-order valence-electron chi connectivity index (χ1n) is 3.03. The van der Waals surface area contributed by atoms with Gasteiger partial charge in [-0.05, 0) is 12.1 Å². The average Bonchev–Trinajstić information content (AvgIpc) is 1.96. The molecule has 0 fully saturated rings. The summed E-state index contributed by atoms with van der Waals surface area (Å²) >= 11 is 5.47. The number of halogens is 3. The molecular formula is C7H5ClF2O2. The lowest BCUT2D eigenvalue weighted by Crippen LogP contribution is -2.01. The van der Waals surface area contributed by atoms with Crippen LogP contribution in [0.25, 0.3) is 0 Å². The van der Waals surface area contributed by atoms with Crippen LogP contribution in [0.15, 0.2) is 18.2 Å². The maximum Gasteiger partial charge on any atom is 0.387 e. The number of phenols is 1. The summed E-state index contributed by atoms with van der Waals surface area (Å²) < 4.78 is 27.3. The largest absolute Gasteiger partial charge is 0.508 e. The molecule has 0 aliphatic heterocycles. The van der Waals surface area contributed by atoms with Gasteiger partial charge in [0.05, 0.1) is 5.02 Å². The van der Waals surface area contributed by atoms with E-state index in [-0.39, 0.29) is 16.5 Å². The Morgan fingerprint density at radius 2 is 2.08 bits per heavy atom. The maximum absolute atomic E-state index is 11.7. The van der Waals surface area contributed by atoms with Crippen LogP contribution in [-0.2, 0) is 0 Å². The van der Waals surface area contributed by atoms with E-state index in [4.69, 9.17) is 16.7 Å². The van der Waals surface area contributed by atoms with E-state index in [9.17, 15) is 8.78 Å². The summed E-state index contributed by atoms with van der Waals surface area (Å²) in [4.78, 5) is 0. The molecule has 0 saturated heterocycles. The zero-order valence-corrected chi connectivity index (χ0v) is 6.55. The summed E-state index contributed by atoms with van der Waals surface area (Å²) in [5.41, 5.74) is 0. The minimum Gasteiger partial charge on any atom is -0.508 e. The van der Waals surface area contributed by atoms with E-state index in [1.54, 1.807) is 0 Å². The predicted molar refractivity (Wildman–Crippen MR) is 39.7 cm³/mol. The van der Waals surface area contributed by atoms with Crippen molar-refractivity contribution in [2.75, 3.05) is 0 Å². The zero-order valence-electron chi connectivity index (χ0n) is 5.80. The molecule has 0 aliphatic rings. The molecule has 0 heterocycles. The number of aromatic hydroxyl groups is 1. The molecule has 12 heavy (non-hydrogen) atoms. The Balaban J connectivity index is 2.90. The van der Waals surface area contributed by atoms with Crippen molar-refractivity contribution >= 4 is 11.6 Å². The molecule has 0 amide bonds. The van der Waals surface area contributed by atoms with E-state index in [0.717, 1.165) is 6.07 Å². The number of rotatable bonds is 2. The summed E-state index contributed by atoms with van der Waals surface area (Å²) in [5, 5.41) is 8.90. The summed E-state index contributed by atoms with van der Waals surface area (Å²) in [6, 6.07) is 3.57. The van der Waals surface area contributed by atoms with Gasteiger partial charge < -0.3 is 9.84 Å². The Morgan fingerprint density at radius 1 is 1.42 bits per heavy atom. The number of hydrogen-bond acceptors (Lipinski definition) is 2. The molecule has 5 heteroatoms. The molecule has 0 atom stereocenters. The quantitative estimate of drug-likeness (QED) is 0.784. The fourth-order valence-electron chi connectivity index (χ4n) is 0.678. The fourth-order valence-corrected chi connectivity index (χ4v) is 0.840. The van der Waals surface area contributed by atoms with Crippen LogP contribution in [-0.4, -0.2) is 11.7 Å². The Morgan fingerprint density at radius 3 is 2.67 bits per heavy atom. The summed E-state index contributed by atoms with van der Waals surface area (Å²) in [6.07, 6.45) is 0. The van der Waals surface area contributed by atoms with Gasteiger partial charge in [0.25, 0.3) is 0 Å². The molecule has 0 aliphatic carbocycles. The molecule has 0 aromatic heterocycles. The number of ether oxygens (including phenoxy) is 1. The van der Waals surface area contributed by atoms with Crippen LogP contribution in [0, 0.1) is 0 Å². The highest BCUT2D eigenvalue weighted by atomic mass is 35.5. The first-order valence-corrected chi connectivity index (χ1v) is 3.40. The van der Waals surface area contributed by atoms with Crippen LogP contribution < -0.4 is 4.74 Å². The van der Waals surface area contributed by atoms with E-state index >= 15 is 0 Å². The second-order valence-corrected chi connectivity index (χ2v) is 2.40. The molecule has 1 aromatic carbocycles. The Bertz CT molecular complexity index is 278. The van der Waals surface area contributed by atoms with E-state index in [1.807, 2.05) is 0 Å². The Hall–Kier alpha value is -1.03. The second kappa shape index (κ2) is 3.58. The lowest BCUT2D eigenvalue weighted by Gasteiger charge is -2.05. The molecule has 1 N–H and O–H groups in total. The van der Waals surface area contributed by atoms with Crippen molar-refractivity contribution in [2.45, 2.75) is 6.61 Å². The standard InChI is InChI=1S/C7H5ClF2O2/c8-5-2-1-4(11)3-6(5)12-7(9)10/h1-3,7,11H. The molecule has 0 saturated carbocycles. The number of alkyl halides is 2. The molecule has 1 aromatic rings. The zero-order chi connectivity index (χ0) is 9.14. The van der Waals surface area contributed by atoms with E-state index in [1.165, 1.54) is 12.1 Å². The van der Waals surface area contributed by atoms with Crippen LogP contribution in [0.2, 0.25) is 5.02 Å². The van der Waals surface area contributed by atoms with Crippen molar-refractivity contribution in [3.05, 3.63) is 23.2 Å². The van der Waals surface area contributed by atoms with Crippen molar-refractivity contribution in [1.82, 2.24) is 0 Å². The topological polar surface area (TPSA) is 29.5 Å². The minimum atomic E-state index is -2.94. The van der Waals surface area contributed by atoms with Gasteiger partial charge in [0.15, 0.2) is 0 Å². The van der Waals surface area contributed by atoms with Crippen molar-refractivity contribution in [1.29, 1.82) is 0 Å². The second-order valence-electron chi connectivity index (χ2n) is 1.99. The lowest BCUT2D eigenvalue weighted by atomic mass is 10.3. The van der Waals surface area contributed by atoms with Crippen molar-refractivity contribution in [2.24, 2.45) is 0 Å². The van der Waals surface area contributed by atoms with Gasteiger partial charge in [0, 0.05) is 6.07 Å². The predicted octanol–water partition coefficient (Wildman–Crippen LogP) is 2.65. The number of phenolic OH excluding ortho intramolecular Hbond substituents is 1. The van der Waals surface area contributed by atoms with E-state index in [0.29, 0.717) is 0 Å². The third kappa shape index (κ3) is 2.23. The van der Waals surface area contributed by atoms with E-state index in [2.05, 4.69) is 4.74 Å². The van der Waals surface area contributed by atoms with Gasteiger partial charge in [-0.15, -0.1) is 0 Å². The van der Waals surface area contributed by atoms with Gasteiger partial charge in [0.2, 0.25) is 0 Å². The van der Waals surface area contributed by atoms with Crippen molar-refractivity contribution in [3.8, 4) is 11.5 Å². The highest BCUT2D eigenvalue weighted by Gasteiger charge is 2.08. The Kier molecular flexibility index (Phi) is 2.70. The van der Waals surface area contributed by atoms with Gasteiger partial charge in [-0.25, -0.2) is 0 Å². The average molecular weight is 195 g/mol. The van der Waals surface area contributed by atoms with Crippen molar-refractivity contribution in [3.63, 3.8) is 0 Å². The molecule has 2 nitrogen and oxygen atoms in total. The lowest BCUT2D eigenvalue weighted by molar-refractivity contribution is -0.0498. The third-order valence-electron chi connectivity index (χ3n) is 1.13. The summed E-state index contributed by atoms with van der Waals surface area (Å²) in [5.74, 6) is -0.401. The maximum atomic E-state index is 11.7. The number of benzene rings is 1. The van der Waals surface area contributed by atoms with Gasteiger partial charge in [0.1, 0.15) is 11.5 Å². The van der Waals surface area contributed by atoms with Crippen LogP contribution in [0.4, 0.5) is 8.78 Å². The van der Waals surface area contributed by atoms with Crippen LogP contribution >= 0.6 is 11.6 Å². The van der Waals surface area contributed by atoms with Gasteiger partial charge in [-0.1, -0.05) is 11.6 Å². The van der Waals surface area contributed by atoms with Crippen LogP contribution in [0.5, 0.6) is 11.5 Å². The Labute approximate surface area is 72.3 Å². The molecule has 0 spiro atoms. The summed E-state index contributed by atoms with van der Waals surface area (Å²) in [6.45, 7) is -2.94. The summed E-state index contributed by atoms with van der Waals surface area (Å²) in [7, 11) is 0. The van der Waals surface area contributed by atoms with Crippen LogP contribution in [0.1, 0.15) is 0 Å². The monoisotopic (exact) mass is 194 g/mol. The SMILES string of the molecule is Oc1ccc(Cl)c(OC(F)F)c1. The molecule has 0 radical (unpaired) electrons. The first-order chi connectivity index (χ1) is 5.59. The smallest absolute Gasteiger partial charge is 0.387 e. The fraction of sp³-hybridized carbons (Fsp3) is 0.143. The molecule has 66 valence electrons. The van der Waals surface area contributed by atoms with E-state index < -0.39 is 6.61 Å². The number of hydrogen-bond donors (Lipinski definition) is 1. The molecule has 0 bridgehead atoms. The minimum absolute atomic E-state index is 0.0353. The third-order valence-corrected chi connectivity index (χ3v) is 1.44. The molecular weight excluding hydrogens is 190 g/mol. The van der Waals surface area contributed by atoms with Crippen molar-refractivity contribution < 1.29 is 18.6 Å². The normalized spacial score (nSPS) is 10.3. The highest BCUT2D eigenvalue weighted by Crippen LogP contribution is 2.29. The highest BCUT2D eigenvalue weighted by molar-refractivity contribution is 6.32. The van der Waals surface area contributed by atoms with Gasteiger partial charge in [-0.2, -0.15) is 8.78 Å². The molecule has 0 unspecified atom stereocenters. The van der Waals surface area contributed by atoms with Gasteiger partial charge >= 0.3 is 6.61 Å². The van der Waals surface area contributed by atoms with Gasteiger partial charge in [-0.3, -0.25) is 0 Å².